The van der Waals surface area contributed by atoms with Crippen LogP contribution in [-0.4, -0.2) is 61.8 Å². The molecule has 2 aromatic carbocycles. The summed E-state index contributed by atoms with van der Waals surface area (Å²) in [6.45, 7) is 7.06. The SMILES string of the molecule is CC(C)(C)[C@H](c1nc(-c2cc(F)ccc2F)cn1Cc1ccccc1)N(CCCN)C(=O)CSCN1C(=O)C=CC1=O. The number of hydrogen-bond donors (Lipinski definition) is 1. The number of halogens is 2. The van der Waals surface area contributed by atoms with E-state index in [4.69, 9.17) is 10.7 Å². The molecule has 42 heavy (non-hydrogen) atoms. The second-order valence-corrected chi connectivity index (χ2v) is 12.1. The number of amides is 3. The Labute approximate surface area is 248 Å². The molecule has 1 aliphatic heterocycles. The second-order valence-electron chi connectivity index (χ2n) is 11.1. The maximum Gasteiger partial charge on any atom is 0.254 e. The van der Waals surface area contributed by atoms with Gasteiger partial charge in [0.05, 0.1) is 23.4 Å². The first-order valence-electron chi connectivity index (χ1n) is 13.7. The Morgan fingerprint density at radius 3 is 2.40 bits per heavy atom. The molecule has 0 radical (unpaired) electrons. The molecule has 3 aromatic rings. The van der Waals surface area contributed by atoms with E-state index in [-0.39, 0.29) is 28.8 Å². The van der Waals surface area contributed by atoms with Crippen LogP contribution in [0.1, 0.15) is 44.6 Å². The first-order valence-corrected chi connectivity index (χ1v) is 14.8. The standard InChI is InChI=1S/C31H35F2N5O3S/c1-31(2,3)29(37(15-7-14-34)28(41)19-42-20-38-26(39)12-13-27(38)40)30-35-25(23-16-22(32)10-11-24(23)33)18-36(30)17-21-8-5-4-6-9-21/h4-6,8-13,16,18,29H,7,14-15,17,19-20,34H2,1-3H3/t29-/m0/s1. The van der Waals surface area contributed by atoms with Crippen molar-refractivity contribution in [3.8, 4) is 11.3 Å². The highest BCUT2D eigenvalue weighted by atomic mass is 32.2. The molecule has 1 aromatic heterocycles. The number of benzene rings is 2. The zero-order valence-corrected chi connectivity index (χ0v) is 24.7. The lowest BCUT2D eigenvalue weighted by Crippen LogP contribution is -2.44. The molecule has 2 N–H and O–H groups in total. The van der Waals surface area contributed by atoms with E-state index in [1.165, 1.54) is 23.9 Å². The van der Waals surface area contributed by atoms with Gasteiger partial charge in [0.1, 0.15) is 17.5 Å². The molecule has 0 unspecified atom stereocenters. The lowest BCUT2D eigenvalue weighted by atomic mass is 9.84. The molecule has 2 heterocycles. The largest absolute Gasteiger partial charge is 0.331 e. The van der Waals surface area contributed by atoms with Crippen LogP contribution in [0.15, 0.2) is 66.9 Å². The Kier molecular flexibility index (Phi) is 9.95. The molecule has 11 heteroatoms. The molecule has 0 aliphatic carbocycles. The molecule has 3 amide bonds. The van der Waals surface area contributed by atoms with Crippen LogP contribution >= 0.6 is 11.8 Å². The topological polar surface area (TPSA) is 102 Å². The number of hydrogen-bond acceptors (Lipinski definition) is 6. The lowest BCUT2D eigenvalue weighted by Gasteiger charge is -2.40. The quantitative estimate of drug-likeness (QED) is 0.303. The van der Waals surface area contributed by atoms with Gasteiger partial charge in [-0.1, -0.05) is 51.1 Å². The molecule has 4 rings (SSSR count). The molecule has 8 nitrogen and oxygen atoms in total. The highest BCUT2D eigenvalue weighted by Gasteiger charge is 2.38. The van der Waals surface area contributed by atoms with Crippen LogP contribution in [0, 0.1) is 17.0 Å². The van der Waals surface area contributed by atoms with Gasteiger partial charge in [0.25, 0.3) is 11.8 Å². The summed E-state index contributed by atoms with van der Waals surface area (Å²) in [4.78, 5) is 45.3. The van der Waals surface area contributed by atoms with E-state index in [0.717, 1.165) is 28.7 Å². The Bertz CT molecular complexity index is 1450. The van der Waals surface area contributed by atoms with Crippen molar-refractivity contribution in [2.45, 2.75) is 39.8 Å². The first-order chi connectivity index (χ1) is 20.0. The number of nitrogens with two attached hydrogens (primary N) is 1. The monoisotopic (exact) mass is 595 g/mol. The van der Waals surface area contributed by atoms with E-state index in [9.17, 15) is 23.2 Å². The van der Waals surface area contributed by atoms with E-state index < -0.39 is 34.9 Å². The highest BCUT2D eigenvalue weighted by Crippen LogP contribution is 2.40. The van der Waals surface area contributed by atoms with Crippen LogP contribution in [0.4, 0.5) is 8.78 Å². The average Bonchev–Trinajstić information content (AvgIpc) is 3.49. The third-order valence-corrected chi connectivity index (χ3v) is 7.75. The van der Waals surface area contributed by atoms with Crippen molar-refractivity contribution in [2.24, 2.45) is 11.1 Å². The van der Waals surface area contributed by atoms with Gasteiger partial charge in [0.2, 0.25) is 5.91 Å². The minimum atomic E-state index is -0.604. The molecular formula is C31H35F2N5O3S. The van der Waals surface area contributed by atoms with Gasteiger partial charge in [-0.15, -0.1) is 11.8 Å². The van der Waals surface area contributed by atoms with Crippen molar-refractivity contribution in [2.75, 3.05) is 24.7 Å². The fourth-order valence-corrected chi connectivity index (χ4v) is 5.77. The zero-order valence-electron chi connectivity index (χ0n) is 23.9. The van der Waals surface area contributed by atoms with Crippen molar-refractivity contribution in [1.82, 2.24) is 19.4 Å². The summed E-state index contributed by atoms with van der Waals surface area (Å²) in [5.41, 5.74) is 6.58. The molecule has 0 spiro atoms. The van der Waals surface area contributed by atoms with Crippen molar-refractivity contribution in [1.29, 1.82) is 0 Å². The Hall–Kier alpha value is -3.83. The average molecular weight is 596 g/mol. The predicted octanol–water partition coefficient (Wildman–Crippen LogP) is 4.76. The molecule has 0 bridgehead atoms. The van der Waals surface area contributed by atoms with Crippen LogP contribution in [0.5, 0.6) is 0 Å². The van der Waals surface area contributed by atoms with E-state index in [1.54, 1.807) is 11.1 Å². The van der Waals surface area contributed by atoms with E-state index >= 15 is 0 Å². The van der Waals surface area contributed by atoms with Crippen LogP contribution in [-0.2, 0) is 20.9 Å². The minimum Gasteiger partial charge on any atom is -0.331 e. The molecular weight excluding hydrogens is 560 g/mol. The number of carbonyl (C=O) groups is 3. The second kappa shape index (κ2) is 13.4. The summed E-state index contributed by atoms with van der Waals surface area (Å²) in [5.74, 6) is -1.64. The molecule has 0 saturated carbocycles. The Morgan fingerprint density at radius 2 is 1.76 bits per heavy atom. The van der Waals surface area contributed by atoms with E-state index in [0.29, 0.717) is 31.9 Å². The van der Waals surface area contributed by atoms with Gasteiger partial charge in [-0.25, -0.2) is 13.8 Å². The van der Waals surface area contributed by atoms with Gasteiger partial charge in [-0.2, -0.15) is 0 Å². The molecule has 0 fully saturated rings. The van der Waals surface area contributed by atoms with Crippen molar-refractivity contribution < 1.29 is 23.2 Å². The highest BCUT2D eigenvalue weighted by molar-refractivity contribution is 7.99. The van der Waals surface area contributed by atoms with Gasteiger partial charge in [-0.05, 0) is 42.1 Å². The van der Waals surface area contributed by atoms with Gasteiger partial charge in [0.15, 0.2) is 0 Å². The number of thioether (sulfide) groups is 1. The summed E-state index contributed by atoms with van der Waals surface area (Å²) in [6, 6.07) is 12.3. The zero-order chi connectivity index (χ0) is 30.4. The molecule has 1 atom stereocenters. The summed E-state index contributed by atoms with van der Waals surface area (Å²) in [5, 5.41) is 0. The summed E-state index contributed by atoms with van der Waals surface area (Å²) in [7, 11) is 0. The number of imide groups is 1. The predicted molar refractivity (Wildman–Crippen MR) is 159 cm³/mol. The maximum absolute atomic E-state index is 14.9. The van der Waals surface area contributed by atoms with Gasteiger partial charge in [0, 0.05) is 37.0 Å². The fraction of sp³-hybridized carbons (Fsp3) is 0.355. The molecule has 0 saturated heterocycles. The first kappa shape index (κ1) is 31.1. The Balaban J connectivity index is 1.73. The molecule has 1 aliphatic rings. The number of rotatable bonds is 12. The third-order valence-electron chi connectivity index (χ3n) is 6.85. The number of nitrogens with zero attached hydrogens (tertiary/aromatic N) is 4. The van der Waals surface area contributed by atoms with Crippen LogP contribution in [0.25, 0.3) is 11.3 Å². The van der Waals surface area contributed by atoms with Crippen LogP contribution in [0.3, 0.4) is 0 Å². The van der Waals surface area contributed by atoms with E-state index in [1.807, 2.05) is 55.7 Å². The number of aromatic nitrogens is 2. The van der Waals surface area contributed by atoms with Crippen LogP contribution < -0.4 is 5.73 Å². The van der Waals surface area contributed by atoms with Gasteiger partial charge in [-0.3, -0.25) is 19.3 Å². The van der Waals surface area contributed by atoms with Crippen molar-refractivity contribution in [3.05, 3.63) is 89.9 Å². The Morgan fingerprint density at radius 1 is 1.07 bits per heavy atom. The third kappa shape index (κ3) is 7.32. The maximum atomic E-state index is 14.9. The number of imidazole rings is 1. The fourth-order valence-electron chi connectivity index (χ4n) is 4.90. The number of carbonyl (C=O) groups excluding carboxylic acids is 3. The van der Waals surface area contributed by atoms with Gasteiger partial charge >= 0.3 is 0 Å². The van der Waals surface area contributed by atoms with E-state index in [2.05, 4.69) is 0 Å². The van der Waals surface area contributed by atoms with Crippen molar-refractivity contribution in [3.63, 3.8) is 0 Å². The summed E-state index contributed by atoms with van der Waals surface area (Å²) >= 11 is 1.17. The van der Waals surface area contributed by atoms with Gasteiger partial charge < -0.3 is 15.2 Å². The van der Waals surface area contributed by atoms with Crippen LogP contribution in [0.2, 0.25) is 0 Å². The van der Waals surface area contributed by atoms with Crippen molar-refractivity contribution >= 4 is 29.5 Å². The minimum absolute atomic E-state index is 0.0129. The lowest BCUT2D eigenvalue weighted by molar-refractivity contribution is -0.136. The molecule has 222 valence electrons. The smallest absolute Gasteiger partial charge is 0.254 e. The normalized spacial score (nSPS) is 14.1. The summed E-state index contributed by atoms with van der Waals surface area (Å²) in [6.07, 6.45) is 4.64. The summed E-state index contributed by atoms with van der Waals surface area (Å²) < 4.78 is 30.9.